The Morgan fingerprint density at radius 3 is 2.80 bits per heavy atom. The van der Waals surface area contributed by atoms with Crippen LogP contribution in [0.15, 0.2) is 35.3 Å². The van der Waals surface area contributed by atoms with Gasteiger partial charge in [-0.05, 0) is 19.1 Å². The van der Waals surface area contributed by atoms with Crippen LogP contribution in [0.2, 0.25) is 0 Å². The number of hydrogen-bond donors (Lipinski definition) is 4. The molecule has 1 aromatic heterocycles. The first-order valence-corrected chi connectivity index (χ1v) is 6.16. The molecule has 1 heterocycles. The van der Waals surface area contributed by atoms with Gasteiger partial charge in [0.2, 0.25) is 5.43 Å². The summed E-state index contributed by atoms with van der Waals surface area (Å²) in [6, 6.07) is 6.88. The van der Waals surface area contributed by atoms with Crippen molar-refractivity contribution in [3.63, 3.8) is 0 Å². The number of pyridine rings is 1. The van der Waals surface area contributed by atoms with Gasteiger partial charge in [0.1, 0.15) is 11.2 Å². The van der Waals surface area contributed by atoms with Gasteiger partial charge in [-0.15, -0.1) is 0 Å². The number of rotatable bonds is 4. The lowest BCUT2D eigenvalue weighted by molar-refractivity contribution is 0.00319. The minimum absolute atomic E-state index is 0.0301. The molecule has 1 unspecified atom stereocenters. The highest BCUT2D eigenvalue weighted by Gasteiger charge is 2.21. The molecule has 2 aromatic rings. The first kappa shape index (κ1) is 14.2. The highest BCUT2D eigenvalue weighted by molar-refractivity contribution is 5.97. The highest BCUT2D eigenvalue weighted by atomic mass is 16.3. The van der Waals surface area contributed by atoms with Crippen molar-refractivity contribution < 1.29 is 15.0 Å². The highest BCUT2D eigenvalue weighted by Crippen LogP contribution is 2.07. The van der Waals surface area contributed by atoms with E-state index in [0.717, 1.165) is 0 Å². The van der Waals surface area contributed by atoms with Gasteiger partial charge in [-0.2, -0.15) is 0 Å². The summed E-state index contributed by atoms with van der Waals surface area (Å²) >= 11 is 0. The molecule has 106 valence electrons. The lowest BCUT2D eigenvalue weighted by Crippen LogP contribution is -2.44. The Morgan fingerprint density at radius 2 is 2.10 bits per heavy atom. The van der Waals surface area contributed by atoms with Crippen molar-refractivity contribution in [3.05, 3.63) is 46.2 Å². The average molecular weight is 276 g/mol. The molecule has 0 radical (unpaired) electrons. The number of aliphatic hydroxyl groups excluding tert-OH is 1. The molecule has 0 aliphatic heterocycles. The number of carbonyl (C=O) groups is 1. The molecule has 6 heteroatoms. The number of benzene rings is 1. The fourth-order valence-electron chi connectivity index (χ4n) is 1.76. The number of aliphatic hydroxyl groups is 2. The van der Waals surface area contributed by atoms with Crippen LogP contribution in [0.5, 0.6) is 0 Å². The van der Waals surface area contributed by atoms with Crippen molar-refractivity contribution >= 4 is 16.8 Å². The van der Waals surface area contributed by atoms with Crippen molar-refractivity contribution in [3.8, 4) is 0 Å². The second-order valence-electron chi connectivity index (χ2n) is 4.91. The summed E-state index contributed by atoms with van der Waals surface area (Å²) in [4.78, 5) is 27.0. The third kappa shape index (κ3) is 2.87. The van der Waals surface area contributed by atoms with Gasteiger partial charge >= 0.3 is 0 Å². The van der Waals surface area contributed by atoms with E-state index in [2.05, 4.69) is 10.3 Å². The molecule has 0 saturated heterocycles. The Morgan fingerprint density at radius 1 is 1.40 bits per heavy atom. The fourth-order valence-corrected chi connectivity index (χ4v) is 1.76. The second kappa shape index (κ2) is 5.44. The maximum absolute atomic E-state index is 12.2. The Hall–Kier alpha value is -2.18. The molecule has 1 amide bonds. The number of para-hydroxylation sites is 1. The van der Waals surface area contributed by atoms with Crippen molar-refractivity contribution in [1.29, 1.82) is 0 Å². The molecule has 0 saturated carbocycles. The molecule has 20 heavy (non-hydrogen) atoms. The van der Waals surface area contributed by atoms with Crippen LogP contribution >= 0.6 is 0 Å². The van der Waals surface area contributed by atoms with E-state index in [4.69, 9.17) is 5.11 Å². The van der Waals surface area contributed by atoms with Crippen molar-refractivity contribution in [2.45, 2.75) is 12.5 Å². The zero-order valence-electron chi connectivity index (χ0n) is 11.0. The van der Waals surface area contributed by atoms with Crippen LogP contribution in [-0.2, 0) is 0 Å². The second-order valence-corrected chi connectivity index (χ2v) is 4.91. The predicted octanol–water partition coefficient (Wildman–Crippen LogP) is 0.00120. The van der Waals surface area contributed by atoms with E-state index < -0.39 is 18.1 Å². The lowest BCUT2D eigenvalue weighted by Gasteiger charge is -2.20. The van der Waals surface area contributed by atoms with Crippen LogP contribution in [0.4, 0.5) is 0 Å². The zero-order chi connectivity index (χ0) is 14.8. The molecule has 1 atom stereocenters. The van der Waals surface area contributed by atoms with Gasteiger partial charge in [0.05, 0.1) is 6.61 Å². The minimum atomic E-state index is -1.42. The number of aromatic nitrogens is 1. The summed E-state index contributed by atoms with van der Waals surface area (Å²) in [6.07, 6.45) is 1.34. The third-order valence-corrected chi connectivity index (χ3v) is 3.00. The van der Waals surface area contributed by atoms with E-state index in [0.29, 0.717) is 10.9 Å². The number of H-pyrrole nitrogens is 1. The lowest BCUT2D eigenvalue weighted by atomic mass is 10.1. The Balaban J connectivity index is 2.27. The molecule has 0 aliphatic carbocycles. The van der Waals surface area contributed by atoms with Gasteiger partial charge in [0.25, 0.3) is 5.91 Å². The van der Waals surface area contributed by atoms with Crippen molar-refractivity contribution in [2.24, 2.45) is 0 Å². The molecule has 0 bridgehead atoms. The summed E-state index contributed by atoms with van der Waals surface area (Å²) < 4.78 is 0. The summed E-state index contributed by atoms with van der Waals surface area (Å²) in [5.74, 6) is -0.592. The number of amides is 1. The summed E-state index contributed by atoms with van der Waals surface area (Å²) in [7, 11) is 0. The molecular formula is C14H16N2O4. The molecule has 2 rings (SSSR count). The monoisotopic (exact) mass is 276 g/mol. The van der Waals surface area contributed by atoms with Crippen LogP contribution in [0.3, 0.4) is 0 Å². The van der Waals surface area contributed by atoms with E-state index in [1.807, 2.05) is 0 Å². The zero-order valence-corrected chi connectivity index (χ0v) is 11.0. The topological polar surface area (TPSA) is 102 Å². The largest absolute Gasteiger partial charge is 0.393 e. The first-order chi connectivity index (χ1) is 9.44. The number of fused-ring (bicyclic) bond motifs is 1. The number of carbonyl (C=O) groups excluding carboxylic acids is 1. The molecule has 4 N–H and O–H groups in total. The SMILES string of the molecule is CC(O)(CO)CNC(=O)c1c[nH]c2ccccc2c1=O. The average Bonchev–Trinajstić information content (AvgIpc) is 2.45. The molecule has 0 spiro atoms. The standard InChI is InChI=1S/C14H16N2O4/c1-14(20,8-17)7-16-13(19)10-6-15-11-5-3-2-4-9(11)12(10)18/h2-6,17,20H,7-8H2,1H3,(H,15,18)(H,16,19). The Labute approximate surface area is 115 Å². The van der Waals surface area contributed by atoms with Gasteiger partial charge in [-0.1, -0.05) is 12.1 Å². The van der Waals surface area contributed by atoms with E-state index in [1.54, 1.807) is 24.3 Å². The normalized spacial score (nSPS) is 13.9. The summed E-state index contributed by atoms with van der Waals surface area (Å²) in [6.45, 7) is 0.758. The maximum atomic E-state index is 12.2. The van der Waals surface area contributed by atoms with Crippen molar-refractivity contribution in [2.75, 3.05) is 13.2 Å². The van der Waals surface area contributed by atoms with E-state index in [-0.39, 0.29) is 17.5 Å². The van der Waals surface area contributed by atoms with Crippen LogP contribution in [-0.4, -0.2) is 39.9 Å². The number of hydrogen-bond acceptors (Lipinski definition) is 4. The van der Waals surface area contributed by atoms with E-state index >= 15 is 0 Å². The van der Waals surface area contributed by atoms with Crippen LogP contribution in [0, 0.1) is 0 Å². The molecule has 1 aromatic carbocycles. The Kier molecular flexibility index (Phi) is 3.87. The van der Waals surface area contributed by atoms with E-state index in [1.165, 1.54) is 13.1 Å². The molecule has 0 fully saturated rings. The number of aromatic amines is 1. The molecule has 0 aliphatic rings. The van der Waals surface area contributed by atoms with Gasteiger partial charge in [-0.3, -0.25) is 9.59 Å². The summed E-state index contributed by atoms with van der Waals surface area (Å²) in [5, 5.41) is 21.4. The first-order valence-electron chi connectivity index (χ1n) is 6.16. The summed E-state index contributed by atoms with van der Waals surface area (Å²) in [5.41, 5.74) is -1.17. The van der Waals surface area contributed by atoms with Crippen LogP contribution in [0.1, 0.15) is 17.3 Å². The quantitative estimate of drug-likeness (QED) is 0.631. The van der Waals surface area contributed by atoms with Crippen LogP contribution < -0.4 is 10.7 Å². The molecular weight excluding hydrogens is 260 g/mol. The third-order valence-electron chi connectivity index (χ3n) is 3.00. The number of nitrogens with one attached hydrogen (secondary N) is 2. The van der Waals surface area contributed by atoms with Gasteiger partial charge in [-0.25, -0.2) is 0 Å². The predicted molar refractivity (Wildman–Crippen MR) is 74.6 cm³/mol. The van der Waals surface area contributed by atoms with Gasteiger partial charge < -0.3 is 20.5 Å². The fraction of sp³-hybridized carbons (Fsp3) is 0.286. The van der Waals surface area contributed by atoms with Crippen molar-refractivity contribution in [1.82, 2.24) is 10.3 Å². The van der Waals surface area contributed by atoms with E-state index in [9.17, 15) is 14.7 Å². The van der Waals surface area contributed by atoms with Crippen LogP contribution in [0.25, 0.3) is 10.9 Å². The minimum Gasteiger partial charge on any atom is -0.393 e. The molecule has 6 nitrogen and oxygen atoms in total. The van der Waals surface area contributed by atoms with Gasteiger partial charge in [0.15, 0.2) is 0 Å². The van der Waals surface area contributed by atoms with Gasteiger partial charge in [0, 0.05) is 23.6 Å². The smallest absolute Gasteiger partial charge is 0.256 e. The Bertz CT molecular complexity index is 691. The maximum Gasteiger partial charge on any atom is 0.256 e.